The second kappa shape index (κ2) is 6.46. The van der Waals surface area contributed by atoms with Crippen molar-refractivity contribution >= 4 is 11.9 Å². The topological polar surface area (TPSA) is 81.1 Å². The van der Waals surface area contributed by atoms with E-state index in [0.717, 1.165) is 11.1 Å². The van der Waals surface area contributed by atoms with Crippen LogP contribution in [0.3, 0.4) is 0 Å². The van der Waals surface area contributed by atoms with Gasteiger partial charge in [-0.3, -0.25) is 14.5 Å². The van der Waals surface area contributed by atoms with E-state index in [1.807, 2.05) is 26.0 Å². The molecule has 2 N–H and O–H groups in total. The summed E-state index contributed by atoms with van der Waals surface area (Å²) in [6, 6.07) is 5.18. The zero-order valence-corrected chi connectivity index (χ0v) is 13.1. The normalized spacial score (nSPS) is 21.4. The minimum atomic E-state index is -0.950. The number of aliphatic hydroxyl groups is 1. The summed E-state index contributed by atoms with van der Waals surface area (Å²) < 4.78 is 0. The number of carboxylic acid groups (broad SMARTS) is 1. The van der Waals surface area contributed by atoms with Gasteiger partial charge in [-0.25, -0.2) is 0 Å². The van der Waals surface area contributed by atoms with Crippen molar-refractivity contribution in [1.82, 2.24) is 9.80 Å². The van der Waals surface area contributed by atoms with Crippen LogP contribution in [0.1, 0.15) is 21.5 Å². The maximum atomic E-state index is 12.5. The van der Waals surface area contributed by atoms with Gasteiger partial charge in [-0.1, -0.05) is 6.07 Å². The van der Waals surface area contributed by atoms with Crippen molar-refractivity contribution < 1.29 is 19.8 Å². The van der Waals surface area contributed by atoms with Crippen LogP contribution >= 0.6 is 0 Å². The summed E-state index contributed by atoms with van der Waals surface area (Å²) in [7, 11) is 1.64. The Labute approximate surface area is 130 Å². The number of likely N-dealkylation sites (tertiary alicyclic amines) is 1. The molecule has 1 aromatic carbocycles. The SMILES string of the molecule is Cc1ccc(C(=O)N2C[C@@H](O)[C@H](N(C)CC(=O)O)C2)cc1C. The smallest absolute Gasteiger partial charge is 0.317 e. The third kappa shape index (κ3) is 3.45. The number of hydrogen-bond acceptors (Lipinski definition) is 4. The van der Waals surface area contributed by atoms with Gasteiger partial charge in [0.1, 0.15) is 0 Å². The van der Waals surface area contributed by atoms with Crippen LogP contribution in [0, 0.1) is 13.8 Å². The van der Waals surface area contributed by atoms with Crippen molar-refractivity contribution in [3.8, 4) is 0 Å². The van der Waals surface area contributed by atoms with E-state index >= 15 is 0 Å². The number of aryl methyl sites for hydroxylation is 2. The standard InChI is InChI=1S/C16H22N2O4/c1-10-4-5-12(6-11(10)2)16(22)18-7-13(14(19)8-18)17(3)9-15(20)21/h4-6,13-14,19H,7-9H2,1-3H3,(H,20,21)/t13-,14-/m1/s1. The monoisotopic (exact) mass is 306 g/mol. The quantitative estimate of drug-likeness (QED) is 0.847. The zero-order chi connectivity index (χ0) is 16.4. The molecule has 0 saturated carbocycles. The van der Waals surface area contributed by atoms with Gasteiger partial charge >= 0.3 is 5.97 Å². The van der Waals surface area contributed by atoms with Crippen LogP contribution in [-0.4, -0.2) is 70.7 Å². The molecule has 1 aliphatic heterocycles. The highest BCUT2D eigenvalue weighted by molar-refractivity contribution is 5.94. The van der Waals surface area contributed by atoms with Gasteiger partial charge in [-0.05, 0) is 44.2 Å². The van der Waals surface area contributed by atoms with E-state index in [2.05, 4.69) is 0 Å². The van der Waals surface area contributed by atoms with Gasteiger partial charge in [0, 0.05) is 18.7 Å². The van der Waals surface area contributed by atoms with Crippen LogP contribution in [0.5, 0.6) is 0 Å². The number of carbonyl (C=O) groups is 2. The van der Waals surface area contributed by atoms with Crippen LogP contribution in [0.4, 0.5) is 0 Å². The summed E-state index contributed by atoms with van der Waals surface area (Å²) in [6.45, 7) is 4.33. The molecule has 2 atom stereocenters. The molecule has 2 rings (SSSR count). The van der Waals surface area contributed by atoms with Crippen molar-refractivity contribution in [1.29, 1.82) is 0 Å². The highest BCUT2D eigenvalue weighted by Crippen LogP contribution is 2.19. The Morgan fingerprint density at radius 1 is 1.27 bits per heavy atom. The summed E-state index contributed by atoms with van der Waals surface area (Å²) in [5, 5.41) is 18.9. The number of aliphatic carboxylic acids is 1. The average Bonchev–Trinajstić information content (AvgIpc) is 2.82. The Bertz CT molecular complexity index is 588. The summed E-state index contributed by atoms with van der Waals surface area (Å²) in [5.41, 5.74) is 2.76. The molecule has 1 fully saturated rings. The lowest BCUT2D eigenvalue weighted by molar-refractivity contribution is -0.138. The number of likely N-dealkylation sites (N-methyl/N-ethyl adjacent to an activating group) is 1. The molecule has 1 aliphatic rings. The summed E-state index contributed by atoms with van der Waals surface area (Å²) in [6.07, 6.45) is -0.736. The van der Waals surface area contributed by atoms with Crippen LogP contribution in [0.15, 0.2) is 18.2 Å². The molecular formula is C16H22N2O4. The van der Waals surface area contributed by atoms with Crippen LogP contribution in [-0.2, 0) is 4.79 Å². The van der Waals surface area contributed by atoms with Gasteiger partial charge in [0.15, 0.2) is 0 Å². The second-order valence-electron chi connectivity index (χ2n) is 5.95. The van der Waals surface area contributed by atoms with Gasteiger partial charge in [-0.2, -0.15) is 0 Å². The van der Waals surface area contributed by atoms with E-state index in [1.165, 1.54) is 0 Å². The van der Waals surface area contributed by atoms with Gasteiger partial charge in [0.2, 0.25) is 0 Å². The number of amides is 1. The van der Waals surface area contributed by atoms with E-state index < -0.39 is 12.1 Å². The maximum absolute atomic E-state index is 12.5. The molecule has 1 saturated heterocycles. The second-order valence-corrected chi connectivity index (χ2v) is 5.95. The van der Waals surface area contributed by atoms with E-state index in [0.29, 0.717) is 12.1 Å². The zero-order valence-electron chi connectivity index (χ0n) is 13.1. The molecular weight excluding hydrogens is 284 g/mol. The molecule has 0 spiro atoms. The van der Waals surface area contributed by atoms with E-state index in [-0.39, 0.29) is 25.0 Å². The minimum Gasteiger partial charge on any atom is -0.480 e. The number of aliphatic hydroxyl groups excluding tert-OH is 1. The Morgan fingerprint density at radius 2 is 1.95 bits per heavy atom. The first-order valence-electron chi connectivity index (χ1n) is 7.26. The molecule has 6 nitrogen and oxygen atoms in total. The van der Waals surface area contributed by atoms with Gasteiger partial charge in [-0.15, -0.1) is 0 Å². The predicted molar refractivity (Wildman–Crippen MR) is 81.9 cm³/mol. The van der Waals surface area contributed by atoms with E-state index in [9.17, 15) is 14.7 Å². The van der Waals surface area contributed by atoms with Gasteiger partial charge in [0.05, 0.1) is 18.7 Å². The molecule has 1 amide bonds. The number of β-amino-alcohol motifs (C(OH)–C–C–N with tert-alkyl or cyclic N) is 1. The first kappa shape index (κ1) is 16.5. The Morgan fingerprint density at radius 3 is 2.55 bits per heavy atom. The minimum absolute atomic E-state index is 0.131. The van der Waals surface area contributed by atoms with Crippen LogP contribution in [0.2, 0.25) is 0 Å². The summed E-state index contributed by atoms with van der Waals surface area (Å²) in [5.74, 6) is -1.08. The van der Waals surface area contributed by atoms with E-state index in [1.54, 1.807) is 22.9 Å². The van der Waals surface area contributed by atoms with Crippen LogP contribution in [0.25, 0.3) is 0 Å². The Hall–Kier alpha value is -1.92. The van der Waals surface area contributed by atoms with Crippen molar-refractivity contribution in [2.75, 3.05) is 26.7 Å². The summed E-state index contributed by atoms with van der Waals surface area (Å²) >= 11 is 0. The lowest BCUT2D eigenvalue weighted by Crippen LogP contribution is -2.43. The molecule has 0 aliphatic carbocycles. The van der Waals surface area contributed by atoms with Gasteiger partial charge < -0.3 is 15.1 Å². The predicted octanol–water partition coefficient (Wildman–Crippen LogP) is 0.505. The molecule has 120 valence electrons. The molecule has 1 aromatic rings. The molecule has 0 aromatic heterocycles. The first-order chi connectivity index (χ1) is 10.3. The third-order valence-electron chi connectivity index (χ3n) is 4.25. The Balaban J connectivity index is 2.09. The number of nitrogens with zero attached hydrogens (tertiary/aromatic N) is 2. The average molecular weight is 306 g/mol. The number of rotatable bonds is 4. The fraction of sp³-hybridized carbons (Fsp3) is 0.500. The number of hydrogen-bond donors (Lipinski definition) is 2. The lowest BCUT2D eigenvalue weighted by atomic mass is 10.1. The van der Waals surface area contributed by atoms with E-state index in [4.69, 9.17) is 5.11 Å². The fourth-order valence-corrected chi connectivity index (χ4v) is 2.76. The molecule has 0 bridgehead atoms. The third-order valence-corrected chi connectivity index (χ3v) is 4.25. The van der Waals surface area contributed by atoms with Gasteiger partial charge in [0.25, 0.3) is 5.91 Å². The maximum Gasteiger partial charge on any atom is 0.317 e. The van der Waals surface area contributed by atoms with Crippen molar-refractivity contribution in [2.24, 2.45) is 0 Å². The summed E-state index contributed by atoms with van der Waals surface area (Å²) in [4.78, 5) is 26.5. The molecule has 1 heterocycles. The largest absolute Gasteiger partial charge is 0.480 e. The lowest BCUT2D eigenvalue weighted by Gasteiger charge is -2.24. The molecule has 6 heteroatoms. The Kier molecular flexibility index (Phi) is 4.83. The highest BCUT2D eigenvalue weighted by atomic mass is 16.4. The number of carboxylic acids is 1. The first-order valence-corrected chi connectivity index (χ1v) is 7.26. The number of benzene rings is 1. The molecule has 0 unspecified atom stereocenters. The van der Waals surface area contributed by atoms with Crippen LogP contribution < -0.4 is 0 Å². The van der Waals surface area contributed by atoms with Crippen molar-refractivity contribution in [3.63, 3.8) is 0 Å². The molecule has 22 heavy (non-hydrogen) atoms. The van der Waals surface area contributed by atoms with Crippen molar-refractivity contribution in [2.45, 2.75) is 26.0 Å². The highest BCUT2D eigenvalue weighted by Gasteiger charge is 2.37. The van der Waals surface area contributed by atoms with Crippen molar-refractivity contribution in [3.05, 3.63) is 34.9 Å². The molecule has 0 radical (unpaired) electrons. The fourth-order valence-electron chi connectivity index (χ4n) is 2.76. The number of carbonyl (C=O) groups excluding carboxylic acids is 1.